The van der Waals surface area contributed by atoms with Crippen molar-refractivity contribution in [2.45, 2.75) is 0 Å². The van der Waals surface area contributed by atoms with Gasteiger partial charge in [-0.25, -0.2) is 0 Å². The van der Waals surface area contributed by atoms with E-state index in [1.165, 1.54) is 0 Å². The molecule has 3 aromatic rings. The first kappa shape index (κ1) is 11.9. The van der Waals surface area contributed by atoms with Crippen molar-refractivity contribution < 1.29 is 4.79 Å². The van der Waals surface area contributed by atoms with Gasteiger partial charge in [0.05, 0.1) is 0 Å². The van der Waals surface area contributed by atoms with E-state index in [1.807, 2.05) is 42.5 Å². The number of halogens is 1. The van der Waals surface area contributed by atoms with Crippen LogP contribution in [0.15, 0.2) is 54.9 Å². The molecule has 0 bridgehead atoms. The average Bonchev–Trinajstić information content (AvgIpc) is 2.48. The predicted molar refractivity (Wildman–Crippen MR) is 77.6 cm³/mol. The fourth-order valence-electron chi connectivity index (χ4n) is 2.18. The van der Waals surface area contributed by atoms with Gasteiger partial charge in [0.15, 0.2) is 6.29 Å². The van der Waals surface area contributed by atoms with Gasteiger partial charge in [-0.3, -0.25) is 9.78 Å². The number of aldehydes is 1. The van der Waals surface area contributed by atoms with Crippen LogP contribution in [0.4, 0.5) is 0 Å². The molecule has 0 saturated heterocycles. The lowest BCUT2D eigenvalue weighted by Gasteiger charge is -2.08. The van der Waals surface area contributed by atoms with Gasteiger partial charge in [0.2, 0.25) is 0 Å². The van der Waals surface area contributed by atoms with Gasteiger partial charge in [-0.05, 0) is 23.1 Å². The van der Waals surface area contributed by atoms with E-state index in [1.54, 1.807) is 12.4 Å². The number of aromatic nitrogens is 1. The lowest BCUT2D eigenvalue weighted by Crippen LogP contribution is -1.87. The Morgan fingerprint density at radius 2 is 1.79 bits per heavy atom. The van der Waals surface area contributed by atoms with Crippen LogP contribution in [-0.4, -0.2) is 11.3 Å². The fourth-order valence-corrected chi connectivity index (χ4v) is 2.41. The van der Waals surface area contributed by atoms with Crippen molar-refractivity contribution in [1.82, 2.24) is 4.98 Å². The quantitative estimate of drug-likeness (QED) is 0.646. The zero-order chi connectivity index (χ0) is 13.2. The van der Waals surface area contributed by atoms with E-state index in [9.17, 15) is 4.79 Å². The Hall–Kier alpha value is -2.19. The molecule has 3 rings (SSSR count). The highest BCUT2D eigenvalue weighted by Gasteiger charge is 2.07. The molecule has 0 unspecified atom stereocenters. The summed E-state index contributed by atoms with van der Waals surface area (Å²) in [5, 5.41) is 2.77. The first-order valence-corrected chi connectivity index (χ1v) is 6.25. The third-order valence-electron chi connectivity index (χ3n) is 3.08. The number of nitrogens with zero attached hydrogens (tertiary/aromatic N) is 1. The molecule has 1 heterocycles. The average molecular weight is 268 g/mol. The summed E-state index contributed by atoms with van der Waals surface area (Å²) in [6.07, 6.45) is 4.10. The van der Waals surface area contributed by atoms with Crippen molar-refractivity contribution in [3.05, 3.63) is 65.4 Å². The zero-order valence-corrected chi connectivity index (χ0v) is 10.8. The third kappa shape index (κ3) is 2.11. The number of carbonyl (C=O) groups excluding carboxylic acids is 1. The van der Waals surface area contributed by atoms with E-state index in [0.717, 1.165) is 33.2 Å². The van der Waals surface area contributed by atoms with E-state index in [2.05, 4.69) is 4.98 Å². The van der Waals surface area contributed by atoms with Crippen LogP contribution in [0.5, 0.6) is 0 Å². The molecule has 92 valence electrons. The van der Waals surface area contributed by atoms with Crippen LogP contribution in [0.3, 0.4) is 0 Å². The second-order valence-electron chi connectivity index (χ2n) is 4.27. The highest BCUT2D eigenvalue weighted by molar-refractivity contribution is 6.36. The normalized spacial score (nSPS) is 10.6. The van der Waals surface area contributed by atoms with Crippen molar-refractivity contribution in [2.24, 2.45) is 0 Å². The number of hydrogen-bond donors (Lipinski definition) is 0. The Morgan fingerprint density at radius 3 is 2.58 bits per heavy atom. The van der Waals surface area contributed by atoms with Crippen molar-refractivity contribution in [1.29, 1.82) is 0 Å². The van der Waals surface area contributed by atoms with Crippen molar-refractivity contribution >= 4 is 28.7 Å². The number of hydrogen-bond acceptors (Lipinski definition) is 2. The van der Waals surface area contributed by atoms with Gasteiger partial charge in [0, 0.05) is 33.9 Å². The Kier molecular flexibility index (Phi) is 3.02. The molecule has 0 aliphatic heterocycles. The summed E-state index contributed by atoms with van der Waals surface area (Å²) in [4.78, 5) is 14.9. The standard InChI is InChI=1S/C16H10ClNO/c17-16-6-5-13(14-3-1-2-4-15(14)16)12-7-11(10-19)8-18-9-12/h1-10H. The molecule has 0 amide bonds. The highest BCUT2D eigenvalue weighted by atomic mass is 35.5. The van der Waals surface area contributed by atoms with E-state index >= 15 is 0 Å². The summed E-state index contributed by atoms with van der Waals surface area (Å²) in [6.45, 7) is 0. The lowest BCUT2D eigenvalue weighted by molar-refractivity contribution is 0.112. The largest absolute Gasteiger partial charge is 0.298 e. The molecule has 3 heteroatoms. The number of rotatable bonds is 2. The van der Waals surface area contributed by atoms with Gasteiger partial charge in [-0.15, -0.1) is 0 Å². The molecule has 0 radical (unpaired) electrons. The first-order valence-electron chi connectivity index (χ1n) is 5.87. The van der Waals surface area contributed by atoms with Crippen LogP contribution in [0.25, 0.3) is 21.9 Å². The minimum absolute atomic E-state index is 0.566. The summed E-state index contributed by atoms with van der Waals surface area (Å²) >= 11 is 6.20. The summed E-state index contributed by atoms with van der Waals surface area (Å²) in [7, 11) is 0. The van der Waals surface area contributed by atoms with Crippen LogP contribution in [0, 0.1) is 0 Å². The van der Waals surface area contributed by atoms with Crippen molar-refractivity contribution in [2.75, 3.05) is 0 Å². The van der Waals surface area contributed by atoms with Crippen molar-refractivity contribution in [3.63, 3.8) is 0 Å². The zero-order valence-electron chi connectivity index (χ0n) is 10.0. The number of benzene rings is 2. The lowest BCUT2D eigenvalue weighted by atomic mass is 9.99. The van der Waals surface area contributed by atoms with Crippen LogP contribution < -0.4 is 0 Å². The second kappa shape index (κ2) is 4.82. The smallest absolute Gasteiger partial charge is 0.151 e. The minimum Gasteiger partial charge on any atom is -0.298 e. The van der Waals surface area contributed by atoms with E-state index in [4.69, 9.17) is 11.6 Å². The van der Waals surface area contributed by atoms with E-state index < -0.39 is 0 Å². The maximum Gasteiger partial charge on any atom is 0.151 e. The highest BCUT2D eigenvalue weighted by Crippen LogP contribution is 2.32. The number of carbonyl (C=O) groups is 1. The van der Waals surface area contributed by atoms with Crippen LogP contribution >= 0.6 is 11.6 Å². The van der Waals surface area contributed by atoms with Gasteiger partial charge < -0.3 is 0 Å². The summed E-state index contributed by atoms with van der Waals surface area (Å²) in [5.41, 5.74) is 2.50. The monoisotopic (exact) mass is 267 g/mol. The second-order valence-corrected chi connectivity index (χ2v) is 4.67. The predicted octanol–water partition coefficient (Wildman–Crippen LogP) is 4.37. The van der Waals surface area contributed by atoms with Crippen LogP contribution in [0.2, 0.25) is 5.02 Å². The summed E-state index contributed by atoms with van der Waals surface area (Å²) < 4.78 is 0. The molecule has 2 nitrogen and oxygen atoms in total. The summed E-state index contributed by atoms with van der Waals surface area (Å²) in [5.74, 6) is 0. The maximum atomic E-state index is 10.8. The topological polar surface area (TPSA) is 30.0 Å². The van der Waals surface area contributed by atoms with E-state index in [-0.39, 0.29) is 0 Å². The Morgan fingerprint density at radius 1 is 1.00 bits per heavy atom. The fraction of sp³-hybridized carbons (Fsp3) is 0. The molecular formula is C16H10ClNO. The maximum absolute atomic E-state index is 10.8. The van der Waals surface area contributed by atoms with Crippen LogP contribution in [-0.2, 0) is 0 Å². The van der Waals surface area contributed by atoms with Gasteiger partial charge >= 0.3 is 0 Å². The van der Waals surface area contributed by atoms with Gasteiger partial charge in [-0.2, -0.15) is 0 Å². The molecule has 0 spiro atoms. The first-order chi connectivity index (χ1) is 9.29. The van der Waals surface area contributed by atoms with Crippen LogP contribution in [0.1, 0.15) is 10.4 Å². The van der Waals surface area contributed by atoms with Crippen molar-refractivity contribution in [3.8, 4) is 11.1 Å². The molecule has 0 atom stereocenters. The molecule has 0 aliphatic rings. The molecule has 0 N–H and O–H groups in total. The number of pyridine rings is 1. The summed E-state index contributed by atoms with van der Waals surface area (Å²) in [6, 6.07) is 13.6. The van der Waals surface area contributed by atoms with Gasteiger partial charge in [0.25, 0.3) is 0 Å². The molecule has 0 fully saturated rings. The Balaban J connectivity index is 2.30. The molecule has 19 heavy (non-hydrogen) atoms. The minimum atomic E-state index is 0.566. The Labute approximate surface area is 115 Å². The number of fused-ring (bicyclic) bond motifs is 1. The Bertz CT molecular complexity index is 768. The SMILES string of the molecule is O=Cc1cncc(-c2ccc(Cl)c3ccccc23)c1. The van der Waals surface area contributed by atoms with Gasteiger partial charge in [-0.1, -0.05) is 41.9 Å². The molecule has 1 aromatic heterocycles. The molecular weight excluding hydrogens is 258 g/mol. The van der Waals surface area contributed by atoms with Gasteiger partial charge in [0.1, 0.15) is 0 Å². The molecule has 2 aromatic carbocycles. The van der Waals surface area contributed by atoms with E-state index in [0.29, 0.717) is 5.56 Å². The molecule has 0 saturated carbocycles. The third-order valence-corrected chi connectivity index (χ3v) is 3.41. The molecule has 0 aliphatic carbocycles.